The summed E-state index contributed by atoms with van der Waals surface area (Å²) in [6.45, 7) is 2.02. The number of urea groups is 1. The fourth-order valence-corrected chi connectivity index (χ4v) is 3.88. The summed E-state index contributed by atoms with van der Waals surface area (Å²) >= 11 is 1.66. The van der Waals surface area contributed by atoms with Crippen LogP contribution in [0, 0.1) is 0 Å². The van der Waals surface area contributed by atoms with Crippen LogP contribution in [0.1, 0.15) is 10.4 Å². The van der Waals surface area contributed by atoms with Crippen molar-refractivity contribution in [1.29, 1.82) is 0 Å². The molecule has 1 fully saturated rings. The van der Waals surface area contributed by atoms with Crippen LogP contribution in [-0.2, 0) is 0 Å². The lowest BCUT2D eigenvalue weighted by Crippen LogP contribution is -2.51. The van der Waals surface area contributed by atoms with Crippen molar-refractivity contribution in [3.8, 4) is 0 Å². The van der Waals surface area contributed by atoms with Crippen LogP contribution < -0.4 is 10.6 Å². The van der Waals surface area contributed by atoms with Gasteiger partial charge in [-0.15, -0.1) is 11.8 Å². The number of nitrogens with zero attached hydrogens (tertiary/aromatic N) is 3. The first kappa shape index (κ1) is 21.7. The molecule has 0 saturated carbocycles. The second kappa shape index (κ2) is 10.2. The number of pyridine rings is 1. The van der Waals surface area contributed by atoms with E-state index >= 15 is 0 Å². The topological polar surface area (TPSA) is 77.6 Å². The quantitative estimate of drug-likeness (QED) is 0.562. The molecule has 0 atom stereocenters. The minimum Gasteiger partial charge on any atom is -0.355 e. The first-order chi connectivity index (χ1) is 15.6. The Hall–Kier alpha value is -3.52. The third-order valence-corrected chi connectivity index (χ3v) is 6.04. The molecule has 0 radical (unpaired) electrons. The largest absolute Gasteiger partial charge is 0.355 e. The minimum atomic E-state index is -0.138. The Labute approximate surface area is 191 Å². The van der Waals surface area contributed by atoms with E-state index in [1.807, 2.05) is 66.9 Å². The van der Waals surface area contributed by atoms with Gasteiger partial charge in [-0.1, -0.05) is 0 Å². The molecule has 8 heteroatoms. The predicted octanol–water partition coefficient (Wildman–Crippen LogP) is 4.54. The normalized spacial score (nSPS) is 13.5. The molecule has 3 amide bonds. The minimum absolute atomic E-state index is 0.0202. The van der Waals surface area contributed by atoms with E-state index in [-0.39, 0.29) is 11.9 Å². The van der Waals surface area contributed by atoms with Crippen LogP contribution >= 0.6 is 11.8 Å². The van der Waals surface area contributed by atoms with E-state index in [0.29, 0.717) is 31.7 Å². The summed E-state index contributed by atoms with van der Waals surface area (Å²) in [4.78, 5) is 34.1. The molecule has 2 heterocycles. The van der Waals surface area contributed by atoms with E-state index in [4.69, 9.17) is 0 Å². The first-order valence-electron chi connectivity index (χ1n) is 10.4. The van der Waals surface area contributed by atoms with Gasteiger partial charge in [0.25, 0.3) is 5.91 Å². The molecular weight excluding hydrogens is 422 g/mol. The zero-order valence-electron chi connectivity index (χ0n) is 17.8. The molecule has 2 aromatic carbocycles. The van der Waals surface area contributed by atoms with Gasteiger partial charge in [0.2, 0.25) is 0 Å². The van der Waals surface area contributed by atoms with Gasteiger partial charge in [0.05, 0.1) is 0 Å². The van der Waals surface area contributed by atoms with Crippen LogP contribution in [-0.4, -0.2) is 59.2 Å². The van der Waals surface area contributed by atoms with Crippen LogP contribution in [0.4, 0.5) is 21.9 Å². The van der Waals surface area contributed by atoms with E-state index in [1.165, 1.54) is 0 Å². The number of carbonyl (C=O) groups excluding carboxylic acids is 2. The standard InChI is InChI=1S/C24H25N5O2S/c1-32-22-8-6-20(7-9-22)27-24(31)29-16-14-28(15-17-29)23(30)18-2-4-19(5-3-18)26-21-10-12-25-13-11-21/h2-13H,14-17H2,1H3,(H,25,26)(H,27,31). The van der Waals surface area contributed by atoms with E-state index in [2.05, 4.69) is 15.6 Å². The molecule has 164 valence electrons. The summed E-state index contributed by atoms with van der Waals surface area (Å²) < 4.78 is 0. The molecule has 0 bridgehead atoms. The third kappa shape index (κ3) is 5.39. The molecule has 1 aliphatic rings. The van der Waals surface area contributed by atoms with Crippen molar-refractivity contribution in [2.24, 2.45) is 0 Å². The van der Waals surface area contributed by atoms with E-state index in [0.717, 1.165) is 22.0 Å². The van der Waals surface area contributed by atoms with Gasteiger partial charge in [-0.05, 0) is 66.9 Å². The maximum atomic E-state index is 12.9. The summed E-state index contributed by atoms with van der Waals surface area (Å²) in [6, 6.07) is 18.8. The van der Waals surface area contributed by atoms with Crippen molar-refractivity contribution in [2.75, 3.05) is 43.1 Å². The summed E-state index contributed by atoms with van der Waals surface area (Å²) in [5.41, 5.74) is 3.25. The number of rotatable bonds is 5. The van der Waals surface area contributed by atoms with Gasteiger partial charge in [-0.2, -0.15) is 0 Å². The Kier molecular flexibility index (Phi) is 6.91. The molecular formula is C24H25N5O2S. The molecule has 1 saturated heterocycles. The van der Waals surface area contributed by atoms with E-state index < -0.39 is 0 Å². The van der Waals surface area contributed by atoms with Crippen molar-refractivity contribution >= 4 is 40.8 Å². The lowest BCUT2D eigenvalue weighted by Gasteiger charge is -2.34. The van der Waals surface area contributed by atoms with Crippen molar-refractivity contribution in [1.82, 2.24) is 14.8 Å². The van der Waals surface area contributed by atoms with E-state index in [9.17, 15) is 9.59 Å². The average molecular weight is 448 g/mol. The Morgan fingerprint density at radius 2 is 1.34 bits per heavy atom. The molecule has 0 unspecified atom stereocenters. The highest BCUT2D eigenvalue weighted by molar-refractivity contribution is 7.98. The van der Waals surface area contributed by atoms with Crippen LogP contribution in [0.3, 0.4) is 0 Å². The Balaban J connectivity index is 1.28. The highest BCUT2D eigenvalue weighted by atomic mass is 32.2. The van der Waals surface area contributed by atoms with Gasteiger partial charge < -0.3 is 20.4 Å². The summed E-state index contributed by atoms with van der Waals surface area (Å²) in [7, 11) is 0. The number of carbonyl (C=O) groups is 2. The van der Waals surface area contributed by atoms with Crippen LogP contribution in [0.25, 0.3) is 0 Å². The Bertz CT molecular complexity index is 1050. The fourth-order valence-electron chi connectivity index (χ4n) is 3.47. The first-order valence-corrected chi connectivity index (χ1v) is 11.6. The van der Waals surface area contributed by atoms with Gasteiger partial charge in [0, 0.05) is 66.1 Å². The van der Waals surface area contributed by atoms with Gasteiger partial charge in [0.15, 0.2) is 0 Å². The molecule has 3 aromatic rings. The number of hydrogen-bond donors (Lipinski definition) is 2. The lowest BCUT2D eigenvalue weighted by atomic mass is 10.1. The smallest absolute Gasteiger partial charge is 0.321 e. The summed E-state index contributed by atoms with van der Waals surface area (Å²) in [5.74, 6) is -0.0202. The van der Waals surface area contributed by atoms with E-state index in [1.54, 1.807) is 34.0 Å². The fraction of sp³-hybridized carbons (Fsp3) is 0.208. The number of aromatic nitrogens is 1. The van der Waals surface area contributed by atoms with Crippen molar-refractivity contribution in [3.05, 3.63) is 78.6 Å². The molecule has 1 aliphatic heterocycles. The molecule has 2 N–H and O–H groups in total. The number of anilines is 3. The van der Waals surface area contributed by atoms with Gasteiger partial charge in [0.1, 0.15) is 0 Å². The summed E-state index contributed by atoms with van der Waals surface area (Å²) in [5, 5.41) is 6.21. The maximum Gasteiger partial charge on any atom is 0.321 e. The number of nitrogens with one attached hydrogen (secondary N) is 2. The zero-order valence-corrected chi connectivity index (χ0v) is 18.6. The van der Waals surface area contributed by atoms with Gasteiger partial charge in [-0.3, -0.25) is 9.78 Å². The second-order valence-corrected chi connectivity index (χ2v) is 8.26. The molecule has 0 aliphatic carbocycles. The third-order valence-electron chi connectivity index (χ3n) is 5.30. The molecule has 7 nitrogen and oxygen atoms in total. The number of thioether (sulfide) groups is 1. The average Bonchev–Trinajstić information content (AvgIpc) is 2.85. The van der Waals surface area contributed by atoms with Crippen molar-refractivity contribution in [2.45, 2.75) is 4.90 Å². The van der Waals surface area contributed by atoms with Crippen LogP contribution in [0.2, 0.25) is 0 Å². The molecule has 0 spiro atoms. The number of amides is 3. The Morgan fingerprint density at radius 1 is 0.781 bits per heavy atom. The maximum absolute atomic E-state index is 12.9. The highest BCUT2D eigenvalue weighted by Crippen LogP contribution is 2.19. The molecule has 1 aromatic heterocycles. The number of piperazine rings is 1. The second-order valence-electron chi connectivity index (χ2n) is 7.38. The van der Waals surface area contributed by atoms with Crippen LogP contribution in [0.5, 0.6) is 0 Å². The lowest BCUT2D eigenvalue weighted by molar-refractivity contribution is 0.0671. The number of hydrogen-bond acceptors (Lipinski definition) is 5. The Morgan fingerprint density at radius 3 is 1.97 bits per heavy atom. The molecule has 32 heavy (non-hydrogen) atoms. The SMILES string of the molecule is CSc1ccc(NC(=O)N2CCN(C(=O)c3ccc(Nc4ccncc4)cc3)CC2)cc1. The highest BCUT2D eigenvalue weighted by Gasteiger charge is 2.25. The monoisotopic (exact) mass is 447 g/mol. The van der Waals surface area contributed by atoms with Crippen LogP contribution in [0.15, 0.2) is 78.0 Å². The molecule has 4 rings (SSSR count). The number of benzene rings is 2. The predicted molar refractivity (Wildman–Crippen MR) is 129 cm³/mol. The summed E-state index contributed by atoms with van der Waals surface area (Å²) in [6.07, 6.45) is 5.46. The zero-order chi connectivity index (χ0) is 22.3. The van der Waals surface area contributed by atoms with Crippen molar-refractivity contribution in [3.63, 3.8) is 0 Å². The van der Waals surface area contributed by atoms with Crippen molar-refractivity contribution < 1.29 is 9.59 Å². The van der Waals surface area contributed by atoms with Gasteiger partial charge in [-0.25, -0.2) is 4.79 Å². The van der Waals surface area contributed by atoms with Gasteiger partial charge >= 0.3 is 6.03 Å².